The molecule has 15 heavy (non-hydrogen) atoms. The lowest BCUT2D eigenvalue weighted by molar-refractivity contribution is -0.113. The van der Waals surface area contributed by atoms with E-state index in [0.29, 0.717) is 0 Å². The number of carbonyl (C=O) groups excluding carboxylic acids is 1. The van der Waals surface area contributed by atoms with Crippen molar-refractivity contribution in [1.82, 2.24) is 4.98 Å². The van der Waals surface area contributed by atoms with Crippen LogP contribution in [0.25, 0.3) is 17.0 Å². The topological polar surface area (TPSA) is 58.9 Å². The smallest absolute Gasteiger partial charge is 0.241 e. The van der Waals surface area contributed by atoms with E-state index in [-0.39, 0.29) is 0 Å². The van der Waals surface area contributed by atoms with Gasteiger partial charge in [0.05, 0.1) is 0 Å². The second kappa shape index (κ2) is 3.61. The van der Waals surface area contributed by atoms with Crippen molar-refractivity contribution in [3.63, 3.8) is 0 Å². The van der Waals surface area contributed by atoms with Gasteiger partial charge in [0.2, 0.25) is 5.91 Å². The lowest BCUT2D eigenvalue weighted by Crippen LogP contribution is -2.04. The molecule has 76 valence electrons. The van der Waals surface area contributed by atoms with E-state index in [1.165, 1.54) is 11.6 Å². The summed E-state index contributed by atoms with van der Waals surface area (Å²) >= 11 is 0. The Kier molecular flexibility index (Phi) is 2.29. The second-order valence-electron chi connectivity index (χ2n) is 3.48. The first-order valence-corrected chi connectivity index (χ1v) is 4.72. The van der Waals surface area contributed by atoms with Gasteiger partial charge in [-0.3, -0.25) is 4.79 Å². The number of hydrogen-bond acceptors (Lipinski definition) is 1. The monoisotopic (exact) mass is 200 g/mol. The number of amides is 1. The number of H-pyrrole nitrogens is 1. The zero-order valence-electron chi connectivity index (χ0n) is 8.45. The molecule has 0 aliphatic heterocycles. The molecule has 0 fully saturated rings. The molecular weight excluding hydrogens is 188 g/mol. The molecule has 2 aromatic rings. The number of rotatable bonds is 2. The van der Waals surface area contributed by atoms with Crippen molar-refractivity contribution >= 4 is 22.9 Å². The van der Waals surface area contributed by atoms with Gasteiger partial charge >= 0.3 is 0 Å². The Morgan fingerprint density at radius 3 is 3.00 bits per heavy atom. The molecule has 2 rings (SSSR count). The van der Waals surface area contributed by atoms with Gasteiger partial charge in [-0.2, -0.15) is 0 Å². The maximum Gasteiger partial charge on any atom is 0.241 e. The molecule has 0 saturated heterocycles. The maximum atomic E-state index is 10.6. The van der Waals surface area contributed by atoms with Crippen LogP contribution < -0.4 is 5.73 Å². The first-order valence-electron chi connectivity index (χ1n) is 4.72. The summed E-state index contributed by atoms with van der Waals surface area (Å²) in [6.07, 6.45) is 4.96. The normalized spacial score (nSPS) is 11.3. The van der Waals surface area contributed by atoms with Crippen LogP contribution in [0.3, 0.4) is 0 Å². The van der Waals surface area contributed by atoms with Crippen LogP contribution in [0, 0.1) is 6.92 Å². The number of carbonyl (C=O) groups is 1. The summed E-state index contributed by atoms with van der Waals surface area (Å²) in [4.78, 5) is 13.8. The standard InChI is InChI=1S/C12H12N2O/c1-8-3-2-4-10-9(5-6-11(13)15)7-14-12(8)10/h2-7,14H,1H3,(H2,13,15)/b6-5-. The van der Waals surface area contributed by atoms with Crippen molar-refractivity contribution in [2.45, 2.75) is 6.92 Å². The minimum absolute atomic E-state index is 0.433. The second-order valence-corrected chi connectivity index (χ2v) is 3.48. The summed E-state index contributed by atoms with van der Waals surface area (Å²) in [7, 11) is 0. The molecule has 3 heteroatoms. The molecule has 0 saturated carbocycles. The Labute approximate surface area is 87.6 Å². The van der Waals surface area contributed by atoms with Crippen molar-refractivity contribution in [3.8, 4) is 0 Å². The van der Waals surface area contributed by atoms with Gasteiger partial charge in [0.1, 0.15) is 0 Å². The molecule has 1 heterocycles. The van der Waals surface area contributed by atoms with Gasteiger partial charge in [0, 0.05) is 23.2 Å². The third-order valence-corrected chi connectivity index (χ3v) is 2.38. The third kappa shape index (κ3) is 1.76. The summed E-state index contributed by atoms with van der Waals surface area (Å²) in [6, 6.07) is 6.05. The number of fused-ring (bicyclic) bond motifs is 1. The lowest BCUT2D eigenvalue weighted by atomic mass is 10.1. The van der Waals surface area contributed by atoms with Gasteiger partial charge in [-0.15, -0.1) is 0 Å². The molecular formula is C12H12N2O. The molecule has 1 aromatic heterocycles. The molecule has 3 N–H and O–H groups in total. The van der Waals surface area contributed by atoms with Crippen molar-refractivity contribution in [2.75, 3.05) is 0 Å². The Hall–Kier alpha value is -2.03. The molecule has 0 atom stereocenters. The average molecular weight is 200 g/mol. The van der Waals surface area contributed by atoms with E-state index in [1.807, 2.05) is 31.3 Å². The summed E-state index contributed by atoms with van der Waals surface area (Å²) in [5.41, 5.74) is 8.31. The summed E-state index contributed by atoms with van der Waals surface area (Å²) < 4.78 is 0. The van der Waals surface area contributed by atoms with E-state index in [1.54, 1.807) is 6.08 Å². The van der Waals surface area contributed by atoms with Crippen LogP contribution in [0.5, 0.6) is 0 Å². The van der Waals surface area contributed by atoms with E-state index in [4.69, 9.17) is 5.73 Å². The van der Waals surface area contributed by atoms with Crippen molar-refractivity contribution in [3.05, 3.63) is 41.6 Å². The largest absolute Gasteiger partial charge is 0.366 e. The number of aryl methyl sites for hydroxylation is 1. The number of aromatic amines is 1. The number of benzene rings is 1. The molecule has 0 unspecified atom stereocenters. The van der Waals surface area contributed by atoms with Crippen LogP contribution >= 0.6 is 0 Å². The molecule has 0 aliphatic carbocycles. The van der Waals surface area contributed by atoms with E-state index >= 15 is 0 Å². The fraction of sp³-hybridized carbons (Fsp3) is 0.0833. The van der Waals surface area contributed by atoms with Crippen LogP contribution in [0.1, 0.15) is 11.1 Å². The van der Waals surface area contributed by atoms with Gasteiger partial charge in [-0.25, -0.2) is 0 Å². The number of hydrogen-bond donors (Lipinski definition) is 2. The van der Waals surface area contributed by atoms with Gasteiger partial charge in [-0.1, -0.05) is 18.2 Å². The number of nitrogens with two attached hydrogens (primary N) is 1. The minimum Gasteiger partial charge on any atom is -0.366 e. The van der Waals surface area contributed by atoms with Crippen molar-refractivity contribution in [1.29, 1.82) is 0 Å². The Balaban J connectivity index is 2.54. The number of nitrogens with one attached hydrogen (secondary N) is 1. The SMILES string of the molecule is Cc1cccc2c(/C=C\C(N)=O)c[nH]c12. The Morgan fingerprint density at radius 1 is 1.47 bits per heavy atom. The Bertz CT molecular complexity index is 538. The van der Waals surface area contributed by atoms with Crippen LogP contribution in [-0.4, -0.2) is 10.9 Å². The molecule has 3 nitrogen and oxygen atoms in total. The average Bonchev–Trinajstić information content (AvgIpc) is 2.59. The minimum atomic E-state index is -0.433. The predicted molar refractivity (Wildman–Crippen MR) is 61.3 cm³/mol. The van der Waals surface area contributed by atoms with Crippen LogP contribution in [0.15, 0.2) is 30.5 Å². The van der Waals surface area contributed by atoms with Gasteiger partial charge in [0.25, 0.3) is 0 Å². The van der Waals surface area contributed by atoms with E-state index in [2.05, 4.69) is 4.98 Å². The van der Waals surface area contributed by atoms with Crippen molar-refractivity contribution < 1.29 is 4.79 Å². The van der Waals surface area contributed by atoms with Crippen LogP contribution in [0.2, 0.25) is 0 Å². The highest BCUT2D eigenvalue weighted by Crippen LogP contribution is 2.21. The lowest BCUT2D eigenvalue weighted by Gasteiger charge is -1.95. The fourth-order valence-corrected chi connectivity index (χ4v) is 1.64. The quantitative estimate of drug-likeness (QED) is 0.715. The van der Waals surface area contributed by atoms with Crippen molar-refractivity contribution in [2.24, 2.45) is 5.73 Å². The highest BCUT2D eigenvalue weighted by Gasteiger charge is 2.02. The summed E-state index contributed by atoms with van der Waals surface area (Å²) in [5.74, 6) is -0.433. The first-order chi connectivity index (χ1) is 7.18. The highest BCUT2D eigenvalue weighted by molar-refractivity contribution is 5.96. The molecule has 1 amide bonds. The van der Waals surface area contributed by atoms with Gasteiger partial charge in [0.15, 0.2) is 0 Å². The first kappa shape index (κ1) is 9.52. The fourth-order valence-electron chi connectivity index (χ4n) is 1.64. The summed E-state index contributed by atoms with van der Waals surface area (Å²) in [6.45, 7) is 2.04. The zero-order chi connectivity index (χ0) is 10.8. The molecule has 0 aliphatic rings. The maximum absolute atomic E-state index is 10.6. The zero-order valence-corrected chi connectivity index (χ0v) is 8.45. The summed E-state index contributed by atoms with van der Waals surface area (Å²) in [5, 5.41) is 1.10. The Morgan fingerprint density at radius 2 is 2.27 bits per heavy atom. The molecule has 0 spiro atoms. The molecule has 0 bridgehead atoms. The van der Waals surface area contributed by atoms with Gasteiger partial charge in [-0.05, 0) is 24.1 Å². The molecule has 1 aromatic carbocycles. The van der Waals surface area contributed by atoms with E-state index in [0.717, 1.165) is 16.5 Å². The van der Waals surface area contributed by atoms with Gasteiger partial charge < -0.3 is 10.7 Å². The highest BCUT2D eigenvalue weighted by atomic mass is 16.1. The predicted octanol–water partition coefficient (Wildman–Crippen LogP) is 1.97. The number of para-hydroxylation sites is 1. The third-order valence-electron chi connectivity index (χ3n) is 2.38. The molecule has 0 radical (unpaired) electrons. The van der Waals surface area contributed by atoms with E-state index in [9.17, 15) is 4.79 Å². The van der Waals surface area contributed by atoms with Crippen LogP contribution in [-0.2, 0) is 4.79 Å². The number of aromatic nitrogens is 1. The number of primary amides is 1. The van der Waals surface area contributed by atoms with E-state index < -0.39 is 5.91 Å². The van der Waals surface area contributed by atoms with Crippen LogP contribution in [0.4, 0.5) is 0 Å².